The topological polar surface area (TPSA) is 54.8 Å². The number of hydrogen-bond donors (Lipinski definition) is 1. The largest absolute Gasteiger partial charge is 0.389 e. The summed E-state index contributed by atoms with van der Waals surface area (Å²) in [4.78, 5) is 6.51. The van der Waals surface area contributed by atoms with Gasteiger partial charge in [-0.1, -0.05) is 6.07 Å². The van der Waals surface area contributed by atoms with E-state index in [1.165, 1.54) is 0 Å². The highest BCUT2D eigenvalue weighted by molar-refractivity contribution is 5.41. The normalized spacial score (nSPS) is 25.4. The molecule has 5 heteroatoms. The van der Waals surface area contributed by atoms with Crippen LogP contribution in [0.5, 0.6) is 0 Å². The van der Waals surface area contributed by atoms with Crippen LogP contribution in [-0.2, 0) is 9.47 Å². The van der Waals surface area contributed by atoms with E-state index in [9.17, 15) is 5.11 Å². The molecule has 1 N–H and O–H groups in total. The third-order valence-corrected chi connectivity index (χ3v) is 3.40. The molecule has 1 aromatic heterocycles. The highest BCUT2D eigenvalue weighted by Gasteiger charge is 2.33. The molecule has 0 aromatic carbocycles. The van der Waals surface area contributed by atoms with Crippen molar-refractivity contribution in [1.29, 1.82) is 0 Å². The van der Waals surface area contributed by atoms with Crippen LogP contribution in [0.3, 0.4) is 0 Å². The molecule has 2 unspecified atom stereocenters. The fourth-order valence-electron chi connectivity index (χ4n) is 2.22. The number of hydrogen-bond acceptors (Lipinski definition) is 5. The Morgan fingerprint density at radius 2 is 1.89 bits per heavy atom. The maximum absolute atomic E-state index is 9.45. The fraction of sp³-hybridized carbons (Fsp3) is 0.615. The molecular formula is C13H20N2O3. The summed E-state index contributed by atoms with van der Waals surface area (Å²) in [6.45, 7) is 3.28. The maximum atomic E-state index is 9.45. The number of nitrogens with zero attached hydrogens (tertiary/aromatic N) is 2. The zero-order valence-corrected chi connectivity index (χ0v) is 11.0. The van der Waals surface area contributed by atoms with Gasteiger partial charge in [0, 0.05) is 33.5 Å². The van der Waals surface area contributed by atoms with Crippen molar-refractivity contribution in [3.63, 3.8) is 0 Å². The van der Waals surface area contributed by atoms with Crippen molar-refractivity contribution in [3.8, 4) is 0 Å². The Bertz CT molecular complexity index is 368. The van der Waals surface area contributed by atoms with Crippen LogP contribution in [0.1, 0.15) is 18.6 Å². The van der Waals surface area contributed by atoms with Gasteiger partial charge in [-0.3, -0.25) is 0 Å². The van der Waals surface area contributed by atoms with Gasteiger partial charge in [0.25, 0.3) is 0 Å². The van der Waals surface area contributed by atoms with Crippen molar-refractivity contribution >= 4 is 5.82 Å². The number of pyridine rings is 1. The Morgan fingerprint density at radius 3 is 2.28 bits per heavy atom. The molecule has 0 aliphatic carbocycles. The SMILES string of the molecule is COC1CN(c2ccc([C@@H](C)O)cn2)CC1OC. The van der Waals surface area contributed by atoms with Crippen LogP contribution in [0.2, 0.25) is 0 Å². The molecule has 0 saturated carbocycles. The molecular weight excluding hydrogens is 232 g/mol. The van der Waals surface area contributed by atoms with Gasteiger partial charge in [0.05, 0.1) is 6.10 Å². The van der Waals surface area contributed by atoms with Gasteiger partial charge in [-0.25, -0.2) is 4.98 Å². The van der Waals surface area contributed by atoms with E-state index >= 15 is 0 Å². The van der Waals surface area contributed by atoms with Gasteiger partial charge in [-0.2, -0.15) is 0 Å². The average molecular weight is 252 g/mol. The minimum atomic E-state index is -0.483. The van der Waals surface area contributed by atoms with Crippen molar-refractivity contribution in [2.45, 2.75) is 25.2 Å². The molecule has 1 aliphatic heterocycles. The summed E-state index contributed by atoms with van der Waals surface area (Å²) in [5, 5.41) is 9.45. The third kappa shape index (κ3) is 2.63. The first-order chi connectivity index (χ1) is 8.65. The Balaban J connectivity index is 2.08. The van der Waals surface area contributed by atoms with Gasteiger partial charge in [0.15, 0.2) is 0 Å². The summed E-state index contributed by atoms with van der Waals surface area (Å²) >= 11 is 0. The summed E-state index contributed by atoms with van der Waals surface area (Å²) in [5.74, 6) is 0.890. The predicted octanol–water partition coefficient (Wildman–Crippen LogP) is 0.985. The number of methoxy groups -OCH3 is 2. The van der Waals surface area contributed by atoms with Crippen molar-refractivity contribution in [2.24, 2.45) is 0 Å². The van der Waals surface area contributed by atoms with E-state index < -0.39 is 6.10 Å². The maximum Gasteiger partial charge on any atom is 0.128 e. The van der Waals surface area contributed by atoms with E-state index in [-0.39, 0.29) is 12.2 Å². The molecule has 0 spiro atoms. The number of aliphatic hydroxyl groups excluding tert-OH is 1. The summed E-state index contributed by atoms with van der Waals surface area (Å²) in [6, 6.07) is 3.82. The van der Waals surface area contributed by atoms with Gasteiger partial charge in [0.1, 0.15) is 18.0 Å². The highest BCUT2D eigenvalue weighted by atomic mass is 16.5. The third-order valence-electron chi connectivity index (χ3n) is 3.40. The predicted molar refractivity (Wildman–Crippen MR) is 68.7 cm³/mol. The minimum Gasteiger partial charge on any atom is -0.389 e. The molecule has 0 amide bonds. The zero-order chi connectivity index (χ0) is 13.1. The lowest BCUT2D eigenvalue weighted by molar-refractivity contribution is -0.00461. The Hall–Kier alpha value is -1.17. The van der Waals surface area contributed by atoms with Crippen LogP contribution in [0.25, 0.3) is 0 Å². The molecule has 0 bridgehead atoms. The van der Waals surface area contributed by atoms with Gasteiger partial charge in [0.2, 0.25) is 0 Å². The molecule has 2 heterocycles. The van der Waals surface area contributed by atoms with E-state index in [2.05, 4.69) is 9.88 Å². The van der Waals surface area contributed by atoms with Crippen molar-refractivity contribution in [2.75, 3.05) is 32.2 Å². The van der Waals surface area contributed by atoms with Gasteiger partial charge < -0.3 is 19.5 Å². The molecule has 1 fully saturated rings. The highest BCUT2D eigenvalue weighted by Crippen LogP contribution is 2.22. The number of anilines is 1. The van der Waals surface area contributed by atoms with Crippen LogP contribution in [0.4, 0.5) is 5.82 Å². The van der Waals surface area contributed by atoms with E-state index in [0.29, 0.717) is 0 Å². The van der Waals surface area contributed by atoms with Gasteiger partial charge in [-0.15, -0.1) is 0 Å². The van der Waals surface area contributed by atoms with Crippen LogP contribution >= 0.6 is 0 Å². The lowest BCUT2D eigenvalue weighted by Crippen LogP contribution is -2.27. The quantitative estimate of drug-likeness (QED) is 0.866. The monoisotopic (exact) mass is 252 g/mol. The lowest BCUT2D eigenvalue weighted by Gasteiger charge is -2.17. The smallest absolute Gasteiger partial charge is 0.128 e. The summed E-state index contributed by atoms with van der Waals surface area (Å²) in [7, 11) is 3.40. The van der Waals surface area contributed by atoms with E-state index in [0.717, 1.165) is 24.5 Å². The van der Waals surface area contributed by atoms with Crippen molar-refractivity contribution < 1.29 is 14.6 Å². The van der Waals surface area contributed by atoms with Crippen molar-refractivity contribution in [3.05, 3.63) is 23.9 Å². The van der Waals surface area contributed by atoms with Crippen LogP contribution < -0.4 is 4.90 Å². The first kappa shape index (κ1) is 13.3. The standard InChI is InChI=1S/C13H20N2O3/c1-9(16)10-4-5-13(14-6-10)15-7-11(17-2)12(8-15)18-3/h4-6,9,11-12,16H,7-8H2,1-3H3/t9-,11?,12?/m1/s1. The number of rotatable bonds is 4. The average Bonchev–Trinajstić information content (AvgIpc) is 2.82. The molecule has 1 aliphatic rings. The Morgan fingerprint density at radius 1 is 1.28 bits per heavy atom. The fourth-order valence-corrected chi connectivity index (χ4v) is 2.22. The summed E-state index contributed by atoms with van der Waals surface area (Å²) in [6.07, 6.45) is 1.38. The molecule has 1 aromatic rings. The number of aromatic nitrogens is 1. The van der Waals surface area contributed by atoms with E-state index in [1.807, 2.05) is 12.1 Å². The van der Waals surface area contributed by atoms with Crippen LogP contribution in [0.15, 0.2) is 18.3 Å². The number of aliphatic hydroxyl groups is 1. The first-order valence-electron chi connectivity index (χ1n) is 6.10. The summed E-state index contributed by atoms with van der Waals surface area (Å²) in [5.41, 5.74) is 0.824. The first-order valence-corrected chi connectivity index (χ1v) is 6.10. The second kappa shape index (κ2) is 5.65. The van der Waals surface area contributed by atoms with E-state index in [1.54, 1.807) is 27.3 Å². The zero-order valence-electron chi connectivity index (χ0n) is 11.0. The molecule has 100 valence electrons. The summed E-state index contributed by atoms with van der Waals surface area (Å²) < 4.78 is 10.8. The molecule has 5 nitrogen and oxygen atoms in total. The van der Waals surface area contributed by atoms with Crippen LogP contribution in [-0.4, -0.2) is 49.6 Å². The Kier molecular flexibility index (Phi) is 4.16. The molecule has 18 heavy (non-hydrogen) atoms. The Labute approximate surface area is 107 Å². The second-order valence-corrected chi connectivity index (χ2v) is 4.58. The van der Waals surface area contributed by atoms with Gasteiger partial charge >= 0.3 is 0 Å². The lowest BCUT2D eigenvalue weighted by atomic mass is 10.2. The molecule has 1 saturated heterocycles. The molecule has 0 radical (unpaired) electrons. The van der Waals surface area contributed by atoms with Crippen molar-refractivity contribution in [1.82, 2.24) is 4.98 Å². The van der Waals surface area contributed by atoms with Crippen LogP contribution in [0, 0.1) is 0 Å². The van der Waals surface area contributed by atoms with E-state index in [4.69, 9.17) is 9.47 Å². The minimum absolute atomic E-state index is 0.0771. The number of ether oxygens (including phenoxy) is 2. The second-order valence-electron chi connectivity index (χ2n) is 4.58. The molecule has 3 atom stereocenters. The molecule has 2 rings (SSSR count). The van der Waals surface area contributed by atoms with Gasteiger partial charge in [-0.05, 0) is 18.6 Å².